The highest BCUT2D eigenvalue weighted by molar-refractivity contribution is 5.83. The van der Waals surface area contributed by atoms with Crippen molar-refractivity contribution in [1.82, 2.24) is 4.98 Å². The molecule has 1 aliphatic rings. The Kier molecular flexibility index (Phi) is 3.27. The molecule has 1 atom stereocenters. The first kappa shape index (κ1) is 11.2. The van der Waals surface area contributed by atoms with Gasteiger partial charge in [-0.25, -0.2) is 4.98 Å². The lowest BCUT2D eigenvalue weighted by molar-refractivity contribution is 0.443. The molecular formula is C12H19N3O. The quantitative estimate of drug-likeness (QED) is 0.630. The Hall–Kier alpha value is -1.32. The highest BCUT2D eigenvalue weighted by Gasteiger charge is 2.20. The summed E-state index contributed by atoms with van der Waals surface area (Å²) in [5, 5.41) is 0. The molecule has 0 amide bonds. The Bertz CT molecular complexity index is 377. The van der Waals surface area contributed by atoms with Gasteiger partial charge in [0.1, 0.15) is 11.8 Å². The summed E-state index contributed by atoms with van der Waals surface area (Å²) in [5.41, 5.74) is 6.00. The van der Waals surface area contributed by atoms with Crippen LogP contribution in [0.2, 0.25) is 0 Å². The molecule has 2 N–H and O–H groups in total. The molecule has 0 bridgehead atoms. The van der Waals surface area contributed by atoms with Gasteiger partial charge in [0, 0.05) is 5.92 Å². The second kappa shape index (κ2) is 4.68. The van der Waals surface area contributed by atoms with Crippen LogP contribution in [0.4, 0.5) is 0 Å². The number of aliphatic imine (C=N–C) groups is 1. The van der Waals surface area contributed by atoms with Crippen LogP contribution in [0.3, 0.4) is 0 Å². The van der Waals surface area contributed by atoms with Crippen molar-refractivity contribution in [2.24, 2.45) is 16.6 Å². The molecule has 0 spiro atoms. The molecular weight excluding hydrogens is 202 g/mol. The maximum Gasteiger partial charge on any atom is 0.218 e. The van der Waals surface area contributed by atoms with E-state index in [-0.39, 0.29) is 6.04 Å². The van der Waals surface area contributed by atoms with Crippen molar-refractivity contribution >= 4 is 5.84 Å². The zero-order valence-electron chi connectivity index (χ0n) is 9.94. The van der Waals surface area contributed by atoms with Crippen LogP contribution in [0, 0.1) is 12.8 Å². The van der Waals surface area contributed by atoms with E-state index in [2.05, 4.69) is 9.98 Å². The van der Waals surface area contributed by atoms with E-state index in [0.717, 1.165) is 11.6 Å². The number of aryl methyl sites for hydroxylation is 1. The van der Waals surface area contributed by atoms with Gasteiger partial charge in [0.15, 0.2) is 0 Å². The highest BCUT2D eigenvalue weighted by atomic mass is 16.4. The maximum absolute atomic E-state index is 6.00. The fourth-order valence-electron chi connectivity index (χ4n) is 2.17. The molecule has 1 aromatic rings. The number of hydrogen-bond donors (Lipinski definition) is 1. The second-order valence-corrected chi connectivity index (χ2v) is 4.52. The Morgan fingerprint density at radius 3 is 2.81 bits per heavy atom. The molecule has 0 aromatic carbocycles. The fourth-order valence-corrected chi connectivity index (χ4v) is 2.17. The topological polar surface area (TPSA) is 64.4 Å². The fraction of sp³-hybridized carbons (Fsp3) is 0.667. The van der Waals surface area contributed by atoms with Crippen molar-refractivity contribution in [3.63, 3.8) is 0 Å². The van der Waals surface area contributed by atoms with Crippen molar-refractivity contribution < 1.29 is 4.42 Å². The summed E-state index contributed by atoms with van der Waals surface area (Å²) in [6, 6.07) is -0.0747. The lowest BCUT2D eigenvalue weighted by Gasteiger charge is -2.10. The van der Waals surface area contributed by atoms with Gasteiger partial charge >= 0.3 is 0 Å². The summed E-state index contributed by atoms with van der Waals surface area (Å²) in [7, 11) is 0. The molecule has 0 saturated heterocycles. The van der Waals surface area contributed by atoms with Gasteiger partial charge in [-0.3, -0.25) is 4.99 Å². The highest BCUT2D eigenvalue weighted by Crippen LogP contribution is 2.26. The van der Waals surface area contributed by atoms with Gasteiger partial charge in [0.25, 0.3) is 0 Å². The standard InChI is InChI=1S/C12H19N3O/c1-8-7-14-12(16-8)9(2)15-11(13)10-5-3-4-6-10/h7,9-10H,3-6H2,1-2H3,(H2,13,15). The SMILES string of the molecule is Cc1cnc(C(C)N=C(N)C2CCCC2)o1. The van der Waals surface area contributed by atoms with E-state index >= 15 is 0 Å². The van der Waals surface area contributed by atoms with Crippen LogP contribution in [-0.4, -0.2) is 10.8 Å². The molecule has 16 heavy (non-hydrogen) atoms. The molecule has 4 nitrogen and oxygen atoms in total. The van der Waals surface area contributed by atoms with E-state index in [1.165, 1.54) is 25.7 Å². The van der Waals surface area contributed by atoms with E-state index in [1.54, 1.807) is 6.20 Å². The minimum absolute atomic E-state index is 0.0747. The summed E-state index contributed by atoms with van der Waals surface area (Å²) in [6.45, 7) is 3.85. The molecule has 0 radical (unpaired) electrons. The number of rotatable bonds is 3. The zero-order valence-corrected chi connectivity index (χ0v) is 9.94. The number of amidine groups is 1. The van der Waals surface area contributed by atoms with Crippen LogP contribution in [0.5, 0.6) is 0 Å². The molecule has 88 valence electrons. The molecule has 1 heterocycles. The van der Waals surface area contributed by atoms with Crippen LogP contribution in [0.15, 0.2) is 15.6 Å². The van der Waals surface area contributed by atoms with Crippen LogP contribution in [0.25, 0.3) is 0 Å². The Labute approximate surface area is 96.0 Å². The first-order chi connectivity index (χ1) is 7.66. The van der Waals surface area contributed by atoms with Crippen LogP contribution < -0.4 is 5.73 Å². The van der Waals surface area contributed by atoms with Gasteiger partial charge in [-0.15, -0.1) is 0 Å². The van der Waals surface area contributed by atoms with Crippen molar-refractivity contribution in [2.75, 3.05) is 0 Å². The zero-order chi connectivity index (χ0) is 11.5. The van der Waals surface area contributed by atoms with Crippen molar-refractivity contribution in [1.29, 1.82) is 0 Å². The smallest absolute Gasteiger partial charge is 0.218 e. The molecule has 4 heteroatoms. The first-order valence-electron chi connectivity index (χ1n) is 5.92. The van der Waals surface area contributed by atoms with Crippen LogP contribution >= 0.6 is 0 Å². The average molecular weight is 221 g/mol. The lowest BCUT2D eigenvalue weighted by atomic mass is 10.1. The molecule has 1 fully saturated rings. The normalized spacial score (nSPS) is 20.2. The van der Waals surface area contributed by atoms with Crippen molar-refractivity contribution in [3.05, 3.63) is 17.8 Å². The third-order valence-electron chi connectivity index (χ3n) is 3.11. The molecule has 0 aliphatic heterocycles. The molecule has 1 unspecified atom stereocenters. The number of nitrogens with zero attached hydrogens (tertiary/aromatic N) is 2. The lowest BCUT2D eigenvalue weighted by Crippen LogP contribution is -2.22. The molecule has 2 rings (SSSR count). The predicted molar refractivity (Wildman–Crippen MR) is 63.2 cm³/mol. The Balaban J connectivity index is 2.04. The number of hydrogen-bond acceptors (Lipinski definition) is 3. The number of nitrogens with two attached hydrogens (primary N) is 1. The predicted octanol–water partition coefficient (Wildman–Crippen LogP) is 2.59. The third-order valence-corrected chi connectivity index (χ3v) is 3.11. The van der Waals surface area contributed by atoms with E-state index < -0.39 is 0 Å². The molecule has 1 aliphatic carbocycles. The van der Waals surface area contributed by atoms with Gasteiger partial charge in [-0.1, -0.05) is 12.8 Å². The molecule has 1 saturated carbocycles. The van der Waals surface area contributed by atoms with E-state index in [4.69, 9.17) is 10.2 Å². The van der Waals surface area contributed by atoms with E-state index in [1.807, 2.05) is 13.8 Å². The first-order valence-corrected chi connectivity index (χ1v) is 5.92. The number of aromatic nitrogens is 1. The Morgan fingerprint density at radius 2 is 2.25 bits per heavy atom. The monoisotopic (exact) mass is 221 g/mol. The van der Waals surface area contributed by atoms with Crippen molar-refractivity contribution in [2.45, 2.75) is 45.6 Å². The van der Waals surface area contributed by atoms with E-state index in [0.29, 0.717) is 11.8 Å². The van der Waals surface area contributed by atoms with Gasteiger partial charge in [-0.2, -0.15) is 0 Å². The van der Waals surface area contributed by atoms with Gasteiger partial charge < -0.3 is 10.2 Å². The minimum atomic E-state index is -0.0747. The van der Waals surface area contributed by atoms with Crippen LogP contribution in [-0.2, 0) is 0 Å². The summed E-state index contributed by atoms with van der Waals surface area (Å²) in [6.07, 6.45) is 6.60. The summed E-state index contributed by atoms with van der Waals surface area (Å²) in [5.74, 6) is 2.70. The minimum Gasteiger partial charge on any atom is -0.444 e. The maximum atomic E-state index is 6.00. The van der Waals surface area contributed by atoms with Gasteiger partial charge in [0.2, 0.25) is 5.89 Å². The van der Waals surface area contributed by atoms with Crippen molar-refractivity contribution in [3.8, 4) is 0 Å². The summed E-state index contributed by atoms with van der Waals surface area (Å²) >= 11 is 0. The summed E-state index contributed by atoms with van der Waals surface area (Å²) < 4.78 is 5.44. The third kappa shape index (κ3) is 2.43. The molecule has 1 aromatic heterocycles. The van der Waals surface area contributed by atoms with Gasteiger partial charge in [0.05, 0.1) is 12.0 Å². The summed E-state index contributed by atoms with van der Waals surface area (Å²) in [4.78, 5) is 8.65. The largest absolute Gasteiger partial charge is 0.444 e. The average Bonchev–Trinajstić information content (AvgIpc) is 2.87. The van der Waals surface area contributed by atoms with Crippen LogP contribution in [0.1, 0.15) is 50.3 Å². The number of oxazole rings is 1. The Morgan fingerprint density at radius 1 is 1.56 bits per heavy atom. The second-order valence-electron chi connectivity index (χ2n) is 4.52. The van der Waals surface area contributed by atoms with E-state index in [9.17, 15) is 0 Å². The van der Waals surface area contributed by atoms with Gasteiger partial charge in [-0.05, 0) is 26.7 Å².